The molecule has 0 spiro atoms. The summed E-state index contributed by atoms with van der Waals surface area (Å²) in [6.45, 7) is 4.16. The summed E-state index contributed by atoms with van der Waals surface area (Å²) in [7, 11) is 0. The number of benzene rings is 8. The summed E-state index contributed by atoms with van der Waals surface area (Å²) in [5.74, 6) is 0. The van der Waals surface area contributed by atoms with E-state index in [0.717, 1.165) is 83.1 Å². The van der Waals surface area contributed by atoms with Crippen LogP contribution in [-0.4, -0.2) is 9.13 Å². The van der Waals surface area contributed by atoms with Crippen molar-refractivity contribution in [3.8, 4) is 50.8 Å². The van der Waals surface area contributed by atoms with Gasteiger partial charge in [0.1, 0.15) is 0 Å². The van der Waals surface area contributed by atoms with Gasteiger partial charge in [0.2, 0.25) is 0 Å². The van der Waals surface area contributed by atoms with E-state index >= 15 is 13.2 Å². The third kappa shape index (κ3) is 5.50. The molecule has 0 amide bonds. The average molecular weight is 758 g/mol. The van der Waals surface area contributed by atoms with Crippen LogP contribution < -0.4 is 0 Å². The van der Waals surface area contributed by atoms with E-state index in [-0.39, 0.29) is 11.1 Å². The first kappa shape index (κ1) is 35.1. The normalized spacial score (nSPS) is 11.9. The summed E-state index contributed by atoms with van der Waals surface area (Å²) in [6.07, 6.45) is -4.72. The van der Waals surface area contributed by atoms with Crippen LogP contribution in [0.25, 0.3) is 88.4 Å². The quantitative estimate of drug-likeness (QED) is 0.172. The van der Waals surface area contributed by atoms with Crippen molar-refractivity contribution in [2.24, 2.45) is 0 Å². The van der Waals surface area contributed by atoms with Gasteiger partial charge in [-0.05, 0) is 114 Å². The molecule has 2 aromatic heterocycles. The van der Waals surface area contributed by atoms with Gasteiger partial charge in [-0.25, -0.2) is 0 Å². The highest BCUT2D eigenvalue weighted by Gasteiger charge is 2.36. The van der Waals surface area contributed by atoms with Gasteiger partial charge in [-0.1, -0.05) is 103 Å². The monoisotopic (exact) mass is 757 g/mol. The third-order valence-electron chi connectivity index (χ3n) is 11.5. The molecule has 10 aromatic rings. The predicted octanol–water partition coefficient (Wildman–Crippen LogP) is 14.4. The van der Waals surface area contributed by atoms with Crippen LogP contribution in [0.1, 0.15) is 22.3 Å². The Balaban J connectivity index is 1.29. The molecule has 0 unspecified atom stereocenters. The average Bonchev–Trinajstić information content (AvgIpc) is 3.75. The molecular weight excluding hydrogens is 724 g/mol. The summed E-state index contributed by atoms with van der Waals surface area (Å²) in [5, 5.41) is 14.1. The molecule has 0 aliphatic carbocycles. The van der Waals surface area contributed by atoms with Crippen molar-refractivity contribution >= 4 is 43.6 Å². The van der Waals surface area contributed by atoms with Gasteiger partial charge >= 0.3 is 6.18 Å². The van der Waals surface area contributed by atoms with Gasteiger partial charge in [-0.2, -0.15) is 18.4 Å². The summed E-state index contributed by atoms with van der Waals surface area (Å²) in [6, 6.07) is 56.4. The zero-order chi connectivity index (χ0) is 39.7. The van der Waals surface area contributed by atoms with Crippen LogP contribution in [0.2, 0.25) is 0 Å². The molecule has 3 nitrogen and oxygen atoms in total. The van der Waals surface area contributed by atoms with Crippen molar-refractivity contribution < 1.29 is 13.2 Å². The van der Waals surface area contributed by atoms with E-state index in [1.807, 2.05) is 88.0 Å². The minimum Gasteiger partial charge on any atom is -0.309 e. The second-order valence-corrected chi connectivity index (χ2v) is 14.8. The smallest absolute Gasteiger partial charge is 0.309 e. The number of aromatic nitrogens is 2. The first-order valence-electron chi connectivity index (χ1n) is 19.1. The number of hydrogen-bond acceptors (Lipinski definition) is 1. The molecule has 0 fully saturated rings. The van der Waals surface area contributed by atoms with Crippen molar-refractivity contribution in [3.63, 3.8) is 0 Å². The maximum Gasteiger partial charge on any atom is 0.417 e. The molecule has 0 aliphatic rings. The topological polar surface area (TPSA) is 33.6 Å². The second-order valence-electron chi connectivity index (χ2n) is 14.8. The first-order valence-corrected chi connectivity index (χ1v) is 19.1. The first-order chi connectivity index (χ1) is 28.2. The van der Waals surface area contributed by atoms with E-state index < -0.39 is 11.7 Å². The maximum absolute atomic E-state index is 15.6. The Morgan fingerprint density at radius 1 is 0.448 bits per heavy atom. The van der Waals surface area contributed by atoms with Crippen molar-refractivity contribution in [3.05, 3.63) is 192 Å². The highest BCUT2D eigenvalue weighted by molar-refractivity contribution is 6.13. The summed E-state index contributed by atoms with van der Waals surface area (Å²) >= 11 is 0. The van der Waals surface area contributed by atoms with Crippen LogP contribution in [0.5, 0.6) is 0 Å². The van der Waals surface area contributed by atoms with Gasteiger partial charge in [0.05, 0.1) is 50.6 Å². The van der Waals surface area contributed by atoms with Gasteiger partial charge in [-0.3, -0.25) is 0 Å². The van der Waals surface area contributed by atoms with E-state index in [1.54, 1.807) is 24.3 Å². The number of fused-ring (bicyclic) bond motifs is 6. The predicted molar refractivity (Wildman–Crippen MR) is 231 cm³/mol. The standard InChI is InChI=1S/C52H34F3N3/c1-32-12-3-5-14-37(32)35-23-26-47-41(29-35)39-16-7-9-19-45(39)57(47)49-25-22-34(31-56)28-43(49)51-44(52(53,54)55)18-11-21-50(51)58-46-20-10-8-17-40(46)42-30-36(24-27-48(42)58)38-15-6-4-13-33(38)2/h3-30H,1-2H3. The largest absolute Gasteiger partial charge is 0.417 e. The van der Waals surface area contributed by atoms with Crippen LogP contribution in [-0.2, 0) is 6.18 Å². The number of alkyl halides is 3. The summed E-state index contributed by atoms with van der Waals surface area (Å²) in [4.78, 5) is 0. The molecule has 0 radical (unpaired) electrons. The lowest BCUT2D eigenvalue weighted by molar-refractivity contribution is -0.137. The molecule has 0 N–H and O–H groups in total. The van der Waals surface area contributed by atoms with E-state index in [1.165, 1.54) is 6.07 Å². The summed E-state index contributed by atoms with van der Waals surface area (Å²) < 4.78 is 50.7. The number of halogens is 3. The lowest BCUT2D eigenvalue weighted by atomic mass is 9.93. The highest BCUT2D eigenvalue weighted by Crippen LogP contribution is 2.47. The van der Waals surface area contributed by atoms with E-state index in [2.05, 4.69) is 74.5 Å². The summed E-state index contributed by atoms with van der Waals surface area (Å²) in [5.41, 5.74) is 10.5. The lowest BCUT2D eigenvalue weighted by Crippen LogP contribution is -2.11. The molecule has 0 aliphatic heterocycles. The second kappa shape index (κ2) is 13.4. The zero-order valence-corrected chi connectivity index (χ0v) is 31.6. The maximum atomic E-state index is 15.6. The molecule has 58 heavy (non-hydrogen) atoms. The number of hydrogen-bond donors (Lipinski definition) is 0. The van der Waals surface area contributed by atoms with E-state index in [9.17, 15) is 5.26 Å². The van der Waals surface area contributed by atoms with Gasteiger partial charge in [-0.15, -0.1) is 0 Å². The van der Waals surface area contributed by atoms with Crippen molar-refractivity contribution in [1.29, 1.82) is 5.26 Å². The van der Waals surface area contributed by atoms with Gasteiger partial charge < -0.3 is 9.13 Å². The van der Waals surface area contributed by atoms with Gasteiger partial charge in [0.15, 0.2) is 0 Å². The number of aryl methyl sites for hydroxylation is 2. The number of nitriles is 1. The molecule has 10 rings (SSSR count). The molecule has 0 saturated carbocycles. The van der Waals surface area contributed by atoms with Gasteiger partial charge in [0.25, 0.3) is 0 Å². The van der Waals surface area contributed by atoms with Crippen LogP contribution in [0, 0.1) is 25.2 Å². The Labute approximate surface area is 333 Å². The molecule has 278 valence electrons. The Hall–Kier alpha value is -7.36. The van der Waals surface area contributed by atoms with Crippen LogP contribution >= 0.6 is 0 Å². The molecule has 0 atom stereocenters. The fraction of sp³-hybridized carbons (Fsp3) is 0.0577. The van der Waals surface area contributed by atoms with Crippen LogP contribution in [0.15, 0.2) is 170 Å². The molecule has 8 aromatic carbocycles. The van der Waals surface area contributed by atoms with Crippen LogP contribution in [0.3, 0.4) is 0 Å². The SMILES string of the molecule is Cc1ccccc1-c1ccc2c(c1)c1ccccc1n2-c1ccc(C#N)cc1-c1c(-n2c3ccccc3c3cc(-c4ccccc4C)ccc32)cccc1C(F)(F)F. The van der Waals surface area contributed by atoms with E-state index in [0.29, 0.717) is 16.9 Å². The van der Waals surface area contributed by atoms with Crippen molar-refractivity contribution in [2.75, 3.05) is 0 Å². The van der Waals surface area contributed by atoms with Crippen molar-refractivity contribution in [2.45, 2.75) is 20.0 Å². The molecule has 0 bridgehead atoms. The Morgan fingerprint density at radius 2 is 0.948 bits per heavy atom. The number of para-hydroxylation sites is 2. The lowest BCUT2D eigenvalue weighted by Gasteiger charge is -2.22. The molecular formula is C52H34F3N3. The van der Waals surface area contributed by atoms with Crippen molar-refractivity contribution in [1.82, 2.24) is 9.13 Å². The van der Waals surface area contributed by atoms with Crippen LogP contribution in [0.4, 0.5) is 13.2 Å². The highest BCUT2D eigenvalue weighted by atomic mass is 19.4. The fourth-order valence-electron chi connectivity index (χ4n) is 8.84. The minimum absolute atomic E-state index is 0.00445. The van der Waals surface area contributed by atoms with E-state index in [4.69, 9.17) is 0 Å². The van der Waals surface area contributed by atoms with Gasteiger partial charge in [0, 0.05) is 32.7 Å². The zero-order valence-electron chi connectivity index (χ0n) is 31.6. The minimum atomic E-state index is -4.72. The fourth-order valence-corrected chi connectivity index (χ4v) is 8.84. The molecule has 2 heterocycles. The Kier molecular flexibility index (Phi) is 8.10. The number of nitrogens with zero attached hydrogens (tertiary/aromatic N) is 3. The number of rotatable bonds is 5. The third-order valence-corrected chi connectivity index (χ3v) is 11.5. The molecule has 6 heteroatoms. The Morgan fingerprint density at radius 3 is 1.48 bits per heavy atom. The Bertz CT molecular complexity index is 3320. The molecule has 0 saturated heterocycles.